The third kappa shape index (κ3) is 4.32. The van der Waals surface area contributed by atoms with Crippen LogP contribution in [0.3, 0.4) is 0 Å². The van der Waals surface area contributed by atoms with Gasteiger partial charge in [0, 0.05) is 16.0 Å². The Kier molecular flexibility index (Phi) is 6.29. The van der Waals surface area contributed by atoms with Crippen LogP contribution >= 0.6 is 22.7 Å². The largest absolute Gasteiger partial charge is 0.462 e. The number of nitrogens with one attached hydrogen (secondary N) is 1. The molecule has 0 fully saturated rings. The second kappa shape index (κ2) is 8.96. The molecule has 3 aromatic heterocycles. The number of aromatic nitrogens is 1. The highest BCUT2D eigenvalue weighted by molar-refractivity contribution is 7.21. The number of ether oxygens (including phenoxy) is 1. The molecule has 8 heteroatoms. The third-order valence-electron chi connectivity index (χ3n) is 5.35. The van der Waals surface area contributed by atoms with Crippen LogP contribution < -0.4 is 11.1 Å². The molecule has 3 N–H and O–H groups in total. The van der Waals surface area contributed by atoms with Crippen LogP contribution in [0.15, 0.2) is 12.1 Å². The van der Waals surface area contributed by atoms with Crippen LogP contribution in [0.4, 0.5) is 10.7 Å². The van der Waals surface area contributed by atoms with Gasteiger partial charge >= 0.3 is 5.97 Å². The summed E-state index contributed by atoms with van der Waals surface area (Å²) in [5.41, 5.74) is 9.26. The fourth-order valence-electron chi connectivity index (χ4n) is 3.97. The Morgan fingerprint density at radius 2 is 2.00 bits per heavy atom. The molecule has 3 heterocycles. The molecule has 1 amide bonds. The fraction of sp³-hybridized carbons (Fsp3) is 0.435. The molecule has 3 aromatic rings. The number of pyridine rings is 1. The average molecular weight is 458 g/mol. The SMILES string of the molecule is CCOC(=O)c1c(NC(=O)c2sc3nc(CC(C)C)ccc3c2N)sc2c1CCCC2. The lowest BCUT2D eigenvalue weighted by molar-refractivity contribution is 0.0526. The van der Waals surface area contributed by atoms with Gasteiger partial charge < -0.3 is 15.8 Å². The number of thiophene rings is 2. The number of hydrogen-bond donors (Lipinski definition) is 2. The first-order chi connectivity index (χ1) is 14.9. The molecule has 1 aliphatic carbocycles. The smallest absolute Gasteiger partial charge is 0.341 e. The van der Waals surface area contributed by atoms with Gasteiger partial charge in [0.2, 0.25) is 0 Å². The van der Waals surface area contributed by atoms with Gasteiger partial charge in [-0.15, -0.1) is 22.7 Å². The molecule has 6 nitrogen and oxygen atoms in total. The van der Waals surface area contributed by atoms with Gasteiger partial charge in [-0.3, -0.25) is 4.79 Å². The van der Waals surface area contributed by atoms with E-state index in [1.54, 1.807) is 6.92 Å². The Hall–Kier alpha value is -2.45. The summed E-state index contributed by atoms with van der Waals surface area (Å²) in [6, 6.07) is 3.91. The zero-order valence-corrected chi connectivity index (χ0v) is 19.7. The van der Waals surface area contributed by atoms with Crippen LogP contribution in [0.1, 0.15) is 69.8 Å². The number of rotatable bonds is 6. The number of carbonyl (C=O) groups excluding carboxylic acids is 2. The minimum absolute atomic E-state index is 0.296. The van der Waals surface area contributed by atoms with Gasteiger partial charge in [0.05, 0.1) is 17.9 Å². The summed E-state index contributed by atoms with van der Waals surface area (Å²) in [7, 11) is 0. The quantitative estimate of drug-likeness (QED) is 0.480. The predicted octanol–water partition coefficient (Wildman–Crippen LogP) is 5.45. The number of anilines is 2. The molecular weight excluding hydrogens is 430 g/mol. The van der Waals surface area contributed by atoms with Crippen molar-refractivity contribution >= 4 is 55.5 Å². The first-order valence-corrected chi connectivity index (χ1v) is 12.3. The van der Waals surface area contributed by atoms with E-state index in [2.05, 4.69) is 19.2 Å². The molecule has 0 bridgehead atoms. The molecule has 0 aliphatic heterocycles. The van der Waals surface area contributed by atoms with E-state index in [1.807, 2.05) is 12.1 Å². The number of amides is 1. The van der Waals surface area contributed by atoms with Crippen LogP contribution in [0.2, 0.25) is 0 Å². The second-order valence-electron chi connectivity index (χ2n) is 8.19. The van der Waals surface area contributed by atoms with Crippen molar-refractivity contribution in [3.63, 3.8) is 0 Å². The van der Waals surface area contributed by atoms with Gasteiger partial charge in [-0.25, -0.2) is 9.78 Å². The Morgan fingerprint density at radius 1 is 1.23 bits per heavy atom. The van der Waals surface area contributed by atoms with Crippen LogP contribution in [-0.2, 0) is 24.0 Å². The van der Waals surface area contributed by atoms with Crippen molar-refractivity contribution in [1.82, 2.24) is 4.98 Å². The summed E-state index contributed by atoms with van der Waals surface area (Å²) in [5, 5.41) is 4.30. The monoisotopic (exact) mass is 457 g/mol. The normalized spacial score (nSPS) is 13.4. The summed E-state index contributed by atoms with van der Waals surface area (Å²) in [5.74, 6) is -0.187. The summed E-state index contributed by atoms with van der Waals surface area (Å²) in [6.07, 6.45) is 4.77. The number of nitrogens with two attached hydrogens (primary N) is 1. The number of carbonyl (C=O) groups is 2. The van der Waals surface area contributed by atoms with E-state index in [0.717, 1.165) is 58.5 Å². The molecule has 1 aliphatic rings. The lowest BCUT2D eigenvalue weighted by Gasteiger charge is -2.12. The lowest BCUT2D eigenvalue weighted by Crippen LogP contribution is -2.15. The van der Waals surface area contributed by atoms with Gasteiger partial charge in [-0.05, 0) is 62.6 Å². The summed E-state index contributed by atoms with van der Waals surface area (Å²) >= 11 is 2.77. The maximum atomic E-state index is 13.2. The van der Waals surface area contributed by atoms with E-state index in [4.69, 9.17) is 15.5 Å². The van der Waals surface area contributed by atoms with E-state index < -0.39 is 0 Å². The zero-order chi connectivity index (χ0) is 22.1. The first kappa shape index (κ1) is 21.8. The summed E-state index contributed by atoms with van der Waals surface area (Å²) in [4.78, 5) is 32.8. The van der Waals surface area contributed by atoms with Gasteiger partial charge in [-0.2, -0.15) is 0 Å². The van der Waals surface area contributed by atoms with Crippen LogP contribution in [0.25, 0.3) is 10.2 Å². The van der Waals surface area contributed by atoms with Crippen molar-refractivity contribution in [3.8, 4) is 0 Å². The molecule has 0 aromatic carbocycles. The van der Waals surface area contributed by atoms with Crippen molar-refractivity contribution in [2.75, 3.05) is 17.7 Å². The molecule has 164 valence electrons. The van der Waals surface area contributed by atoms with Crippen molar-refractivity contribution in [1.29, 1.82) is 0 Å². The summed E-state index contributed by atoms with van der Waals surface area (Å²) < 4.78 is 5.28. The van der Waals surface area contributed by atoms with Crippen molar-refractivity contribution in [2.45, 2.75) is 52.9 Å². The van der Waals surface area contributed by atoms with E-state index in [-0.39, 0.29) is 11.9 Å². The maximum Gasteiger partial charge on any atom is 0.341 e. The maximum absolute atomic E-state index is 13.2. The number of hydrogen-bond acceptors (Lipinski definition) is 7. The van der Waals surface area contributed by atoms with Crippen LogP contribution in [0, 0.1) is 5.92 Å². The highest BCUT2D eigenvalue weighted by atomic mass is 32.1. The topological polar surface area (TPSA) is 94.3 Å². The fourth-order valence-corrected chi connectivity index (χ4v) is 6.25. The molecule has 0 atom stereocenters. The van der Waals surface area contributed by atoms with Crippen molar-refractivity contribution < 1.29 is 14.3 Å². The Morgan fingerprint density at radius 3 is 2.74 bits per heavy atom. The standard InChI is InChI=1S/C23H27N3O3S2/c1-4-29-23(28)17-14-7-5-6-8-16(14)30-22(17)26-20(27)19-18(24)15-10-9-13(11-12(2)3)25-21(15)31-19/h9-10,12H,4-8,11,24H2,1-3H3,(H,26,27). The van der Waals surface area contributed by atoms with E-state index >= 15 is 0 Å². The van der Waals surface area contributed by atoms with Gasteiger partial charge in [-0.1, -0.05) is 13.8 Å². The highest BCUT2D eigenvalue weighted by Crippen LogP contribution is 2.40. The Labute approximate surface area is 189 Å². The van der Waals surface area contributed by atoms with Gasteiger partial charge in [0.25, 0.3) is 5.91 Å². The lowest BCUT2D eigenvalue weighted by atomic mass is 9.95. The molecule has 0 saturated heterocycles. The van der Waals surface area contributed by atoms with Crippen molar-refractivity contribution in [3.05, 3.63) is 38.7 Å². The van der Waals surface area contributed by atoms with E-state index in [0.29, 0.717) is 33.7 Å². The molecule has 31 heavy (non-hydrogen) atoms. The molecule has 4 rings (SSSR count). The average Bonchev–Trinajstić information content (AvgIpc) is 3.25. The molecule has 0 radical (unpaired) electrons. The first-order valence-electron chi connectivity index (χ1n) is 10.7. The van der Waals surface area contributed by atoms with Crippen molar-refractivity contribution in [2.24, 2.45) is 5.92 Å². The Bertz CT molecular complexity index is 1150. The van der Waals surface area contributed by atoms with Crippen LogP contribution in [0.5, 0.6) is 0 Å². The minimum Gasteiger partial charge on any atom is -0.462 e. The predicted molar refractivity (Wildman–Crippen MR) is 127 cm³/mol. The van der Waals surface area contributed by atoms with Gasteiger partial charge in [0.1, 0.15) is 14.7 Å². The number of nitrogen functional groups attached to an aromatic ring is 1. The second-order valence-corrected chi connectivity index (χ2v) is 10.3. The molecule has 0 saturated carbocycles. The van der Waals surface area contributed by atoms with E-state index in [1.165, 1.54) is 22.7 Å². The van der Waals surface area contributed by atoms with Crippen LogP contribution in [-0.4, -0.2) is 23.5 Å². The molecular formula is C23H27N3O3S2. The minimum atomic E-state index is -0.374. The molecule has 0 unspecified atom stereocenters. The molecule has 0 spiro atoms. The number of esters is 1. The summed E-state index contributed by atoms with van der Waals surface area (Å²) in [6.45, 7) is 6.38. The van der Waals surface area contributed by atoms with Gasteiger partial charge in [0.15, 0.2) is 0 Å². The third-order valence-corrected chi connectivity index (χ3v) is 7.67. The number of aryl methyl sites for hydroxylation is 1. The number of fused-ring (bicyclic) bond motifs is 2. The van der Waals surface area contributed by atoms with E-state index in [9.17, 15) is 9.59 Å². The Balaban J connectivity index is 1.67. The highest BCUT2D eigenvalue weighted by Gasteiger charge is 2.28. The number of nitrogens with zero attached hydrogens (tertiary/aromatic N) is 1. The zero-order valence-electron chi connectivity index (χ0n) is 18.0.